The Labute approximate surface area is 186 Å². The summed E-state index contributed by atoms with van der Waals surface area (Å²) < 4.78 is 67.5. The Hall–Kier alpha value is -3.90. The van der Waals surface area contributed by atoms with Crippen molar-refractivity contribution in [3.8, 4) is 0 Å². The van der Waals surface area contributed by atoms with Gasteiger partial charge in [0.25, 0.3) is 10.0 Å². The molecule has 4 rings (SSSR count). The second kappa shape index (κ2) is 8.56. The summed E-state index contributed by atoms with van der Waals surface area (Å²) in [7, 11) is -4.18. The van der Waals surface area contributed by atoms with E-state index in [1.54, 1.807) is 24.3 Å². The Morgan fingerprint density at radius 1 is 0.788 bits per heavy atom. The summed E-state index contributed by atoms with van der Waals surface area (Å²) in [6.07, 6.45) is -4.55. The average molecular weight is 475 g/mol. The lowest BCUT2D eigenvalue weighted by Gasteiger charge is -2.15. The fourth-order valence-corrected chi connectivity index (χ4v) is 4.04. The number of anilines is 4. The van der Waals surface area contributed by atoms with Crippen LogP contribution in [0.5, 0.6) is 0 Å². The fourth-order valence-electron chi connectivity index (χ4n) is 2.99. The molecule has 0 radical (unpaired) electrons. The molecule has 0 saturated carbocycles. The molecule has 0 saturated heterocycles. The van der Waals surface area contributed by atoms with Gasteiger partial charge in [-0.1, -0.05) is 24.3 Å². The molecule has 1 heterocycles. The second-order valence-electron chi connectivity index (χ2n) is 6.86. The summed E-state index contributed by atoms with van der Waals surface area (Å²) >= 11 is 0. The fraction of sp³-hybridized carbons (Fsp3) is 0.0476. The number of aromatic nitrogens is 2. The first-order chi connectivity index (χ1) is 15.7. The third kappa shape index (κ3) is 4.96. The van der Waals surface area contributed by atoms with E-state index in [1.807, 2.05) is 5.48 Å². The highest BCUT2D eigenvalue weighted by Gasteiger charge is 2.30. The van der Waals surface area contributed by atoms with E-state index in [0.29, 0.717) is 11.0 Å². The number of nitrogens with zero attached hydrogens (tertiary/aromatic N) is 2. The molecule has 0 bridgehead atoms. The molecule has 0 unspecified atom stereocenters. The van der Waals surface area contributed by atoms with Crippen molar-refractivity contribution in [1.82, 2.24) is 9.97 Å². The third-order valence-corrected chi connectivity index (χ3v) is 5.86. The SMILES string of the molecule is O=S(=O)(Nc1nc2ccccc2nc1Nc1cccc(C(F)(F)F)c1)c1cccc(NO)c1. The standard InChI is InChI=1S/C21H16F3N5O3S/c22-21(23,24)13-5-3-6-14(11-13)25-19-20(27-18-10-2-1-9-17(18)26-19)29-33(31,32)16-8-4-7-15(12-16)28-30/h1-12,28,30H,(H,25,26)(H,27,29). The monoisotopic (exact) mass is 475 g/mol. The summed E-state index contributed by atoms with van der Waals surface area (Å²) in [6, 6.07) is 16.4. The molecule has 0 aliphatic rings. The van der Waals surface area contributed by atoms with Crippen LogP contribution in [0.25, 0.3) is 11.0 Å². The van der Waals surface area contributed by atoms with E-state index in [1.165, 1.54) is 36.4 Å². The predicted octanol–water partition coefficient (Wildman–Crippen LogP) is 4.99. The van der Waals surface area contributed by atoms with Crippen LogP contribution in [0.4, 0.5) is 36.2 Å². The van der Waals surface area contributed by atoms with Gasteiger partial charge in [-0.25, -0.2) is 18.4 Å². The Balaban J connectivity index is 1.77. The maximum atomic E-state index is 13.1. The molecule has 0 atom stereocenters. The number of hydrogen-bond donors (Lipinski definition) is 4. The van der Waals surface area contributed by atoms with Gasteiger partial charge in [0, 0.05) is 5.69 Å². The van der Waals surface area contributed by atoms with Gasteiger partial charge in [-0.05, 0) is 48.5 Å². The van der Waals surface area contributed by atoms with Gasteiger partial charge < -0.3 is 5.32 Å². The second-order valence-corrected chi connectivity index (χ2v) is 8.54. The van der Waals surface area contributed by atoms with E-state index in [9.17, 15) is 21.6 Å². The molecule has 8 nitrogen and oxygen atoms in total. The number of halogens is 3. The minimum Gasteiger partial charge on any atom is -0.337 e. The lowest BCUT2D eigenvalue weighted by molar-refractivity contribution is -0.137. The Kier molecular flexibility index (Phi) is 5.78. The van der Waals surface area contributed by atoms with Crippen LogP contribution in [0.2, 0.25) is 0 Å². The van der Waals surface area contributed by atoms with E-state index in [-0.39, 0.29) is 27.9 Å². The van der Waals surface area contributed by atoms with Crippen molar-refractivity contribution in [2.45, 2.75) is 11.1 Å². The largest absolute Gasteiger partial charge is 0.416 e. The Morgan fingerprint density at radius 3 is 2.09 bits per heavy atom. The van der Waals surface area contributed by atoms with Gasteiger partial charge in [0.2, 0.25) is 0 Å². The quantitative estimate of drug-likeness (QED) is 0.290. The summed E-state index contributed by atoms with van der Waals surface area (Å²) in [5.41, 5.74) is 1.95. The van der Waals surface area contributed by atoms with Crippen molar-refractivity contribution < 1.29 is 26.8 Å². The minimum absolute atomic E-state index is 0.0429. The van der Waals surface area contributed by atoms with Crippen molar-refractivity contribution in [3.63, 3.8) is 0 Å². The number of nitrogens with one attached hydrogen (secondary N) is 3. The highest BCUT2D eigenvalue weighted by atomic mass is 32.2. The molecule has 0 aliphatic heterocycles. The molecule has 4 aromatic rings. The number of sulfonamides is 1. The molecule has 4 N–H and O–H groups in total. The first-order valence-electron chi connectivity index (χ1n) is 9.40. The minimum atomic E-state index is -4.55. The molecule has 33 heavy (non-hydrogen) atoms. The van der Waals surface area contributed by atoms with E-state index in [4.69, 9.17) is 5.21 Å². The van der Waals surface area contributed by atoms with Crippen LogP contribution in [-0.2, 0) is 16.2 Å². The molecule has 0 aliphatic carbocycles. The number of rotatable bonds is 6. The molecule has 1 aromatic heterocycles. The smallest absolute Gasteiger partial charge is 0.337 e. The number of hydrogen-bond acceptors (Lipinski definition) is 7. The van der Waals surface area contributed by atoms with Gasteiger partial charge >= 0.3 is 6.18 Å². The Bertz CT molecular complexity index is 1430. The van der Waals surface area contributed by atoms with Crippen molar-refractivity contribution in [2.75, 3.05) is 15.5 Å². The van der Waals surface area contributed by atoms with Crippen LogP contribution in [-0.4, -0.2) is 23.6 Å². The first kappa shape index (κ1) is 22.3. The zero-order valence-electron chi connectivity index (χ0n) is 16.6. The summed E-state index contributed by atoms with van der Waals surface area (Å²) in [6.45, 7) is 0. The molecule has 0 fully saturated rings. The Morgan fingerprint density at radius 2 is 1.42 bits per heavy atom. The number of fused-ring (bicyclic) bond motifs is 1. The first-order valence-corrected chi connectivity index (χ1v) is 10.9. The van der Waals surface area contributed by atoms with Gasteiger partial charge in [0.1, 0.15) is 0 Å². The normalized spacial score (nSPS) is 11.9. The number of para-hydroxylation sites is 2. The van der Waals surface area contributed by atoms with Gasteiger partial charge in [-0.2, -0.15) is 13.2 Å². The molecule has 12 heteroatoms. The zero-order chi connectivity index (χ0) is 23.6. The molecular weight excluding hydrogens is 459 g/mol. The van der Waals surface area contributed by atoms with E-state index < -0.39 is 21.8 Å². The topological polar surface area (TPSA) is 116 Å². The summed E-state index contributed by atoms with van der Waals surface area (Å²) in [5, 5.41) is 11.8. The third-order valence-electron chi connectivity index (χ3n) is 4.53. The van der Waals surface area contributed by atoms with Crippen molar-refractivity contribution in [3.05, 3.63) is 78.4 Å². The van der Waals surface area contributed by atoms with Crippen LogP contribution in [0.1, 0.15) is 5.56 Å². The van der Waals surface area contributed by atoms with Crippen LogP contribution >= 0.6 is 0 Å². The van der Waals surface area contributed by atoms with Crippen LogP contribution in [0.15, 0.2) is 77.7 Å². The van der Waals surface area contributed by atoms with Gasteiger partial charge in [0.05, 0.1) is 27.2 Å². The van der Waals surface area contributed by atoms with Gasteiger partial charge in [-0.15, -0.1) is 0 Å². The van der Waals surface area contributed by atoms with Crippen molar-refractivity contribution in [2.24, 2.45) is 0 Å². The highest BCUT2D eigenvalue weighted by molar-refractivity contribution is 7.92. The molecule has 3 aromatic carbocycles. The lowest BCUT2D eigenvalue weighted by Crippen LogP contribution is -2.16. The summed E-state index contributed by atoms with van der Waals surface area (Å²) in [5.74, 6) is -0.304. The number of alkyl halides is 3. The lowest BCUT2D eigenvalue weighted by atomic mass is 10.2. The molecular formula is C21H16F3N5O3S. The van der Waals surface area contributed by atoms with E-state index in [2.05, 4.69) is 20.0 Å². The maximum absolute atomic E-state index is 13.1. The van der Waals surface area contributed by atoms with E-state index in [0.717, 1.165) is 12.1 Å². The predicted molar refractivity (Wildman–Crippen MR) is 117 cm³/mol. The average Bonchev–Trinajstić information content (AvgIpc) is 2.79. The number of benzene rings is 3. The maximum Gasteiger partial charge on any atom is 0.416 e. The zero-order valence-corrected chi connectivity index (χ0v) is 17.4. The highest BCUT2D eigenvalue weighted by Crippen LogP contribution is 2.33. The van der Waals surface area contributed by atoms with Crippen molar-refractivity contribution >= 4 is 44.1 Å². The van der Waals surface area contributed by atoms with E-state index >= 15 is 0 Å². The van der Waals surface area contributed by atoms with Crippen LogP contribution in [0.3, 0.4) is 0 Å². The van der Waals surface area contributed by atoms with Crippen molar-refractivity contribution in [1.29, 1.82) is 0 Å². The summed E-state index contributed by atoms with van der Waals surface area (Å²) in [4.78, 5) is 8.45. The van der Waals surface area contributed by atoms with Crippen LogP contribution in [0, 0.1) is 0 Å². The van der Waals surface area contributed by atoms with Crippen LogP contribution < -0.4 is 15.5 Å². The molecule has 170 valence electrons. The van der Waals surface area contributed by atoms with Gasteiger partial charge in [0.15, 0.2) is 11.6 Å². The van der Waals surface area contributed by atoms with Gasteiger partial charge in [-0.3, -0.25) is 15.4 Å². The molecule has 0 amide bonds. The molecule has 0 spiro atoms.